The van der Waals surface area contributed by atoms with Crippen LogP contribution in [0.25, 0.3) is 0 Å². The third kappa shape index (κ3) is 3.50. The lowest BCUT2D eigenvalue weighted by Crippen LogP contribution is -2.06. The summed E-state index contributed by atoms with van der Waals surface area (Å²) < 4.78 is 36.3. The summed E-state index contributed by atoms with van der Waals surface area (Å²) in [5.41, 5.74) is 12.3. The molecular weight excluding hydrogens is 316 g/mol. The highest BCUT2D eigenvalue weighted by Crippen LogP contribution is 2.32. The second-order valence-electron chi connectivity index (χ2n) is 4.77. The van der Waals surface area contributed by atoms with Crippen LogP contribution in [0.1, 0.15) is 13.8 Å². The number of ether oxygens (including phenoxy) is 2. The number of anilines is 2. The van der Waals surface area contributed by atoms with Crippen LogP contribution in [0.5, 0.6) is 11.5 Å². The Morgan fingerprint density at radius 3 is 1.57 bits per heavy atom. The molecule has 0 aliphatic rings. The predicted octanol–water partition coefficient (Wildman–Crippen LogP) is 2.48. The molecule has 0 bridgehead atoms. The van der Waals surface area contributed by atoms with Crippen LogP contribution in [0.2, 0.25) is 0 Å². The number of hydrogen-bond donors (Lipinski definition) is 2. The van der Waals surface area contributed by atoms with Crippen LogP contribution < -0.4 is 20.9 Å². The maximum absolute atomic E-state index is 12.8. The van der Waals surface area contributed by atoms with E-state index in [1.807, 2.05) is 0 Å². The minimum atomic E-state index is -3.73. The molecular formula is C16H20N2O4S. The summed E-state index contributed by atoms with van der Waals surface area (Å²) in [4.78, 5) is 0.199. The van der Waals surface area contributed by atoms with Gasteiger partial charge in [0.2, 0.25) is 9.84 Å². The maximum Gasteiger partial charge on any atom is 0.206 e. The summed E-state index contributed by atoms with van der Waals surface area (Å²) in [5, 5.41) is 0. The van der Waals surface area contributed by atoms with E-state index in [-0.39, 0.29) is 9.79 Å². The molecule has 23 heavy (non-hydrogen) atoms. The molecule has 0 amide bonds. The summed E-state index contributed by atoms with van der Waals surface area (Å²) in [6.07, 6.45) is 0. The Morgan fingerprint density at radius 2 is 1.22 bits per heavy atom. The van der Waals surface area contributed by atoms with Gasteiger partial charge in [-0.1, -0.05) is 0 Å². The van der Waals surface area contributed by atoms with Gasteiger partial charge in [0, 0.05) is 12.1 Å². The molecule has 0 saturated heterocycles. The summed E-state index contributed by atoms with van der Waals surface area (Å²) in [6, 6.07) is 8.76. The molecule has 0 fully saturated rings. The number of benzene rings is 2. The van der Waals surface area contributed by atoms with Crippen molar-refractivity contribution in [2.75, 3.05) is 24.7 Å². The first-order chi connectivity index (χ1) is 10.9. The van der Waals surface area contributed by atoms with Gasteiger partial charge in [-0.15, -0.1) is 0 Å². The third-order valence-electron chi connectivity index (χ3n) is 3.19. The smallest absolute Gasteiger partial charge is 0.206 e. The molecule has 2 rings (SSSR count). The fourth-order valence-corrected chi connectivity index (χ4v) is 3.35. The van der Waals surface area contributed by atoms with Crippen LogP contribution in [-0.2, 0) is 9.84 Å². The van der Waals surface area contributed by atoms with Gasteiger partial charge in [0.15, 0.2) is 0 Å². The van der Waals surface area contributed by atoms with Gasteiger partial charge in [0.25, 0.3) is 0 Å². The van der Waals surface area contributed by atoms with Crippen LogP contribution in [0, 0.1) is 0 Å². The van der Waals surface area contributed by atoms with Crippen molar-refractivity contribution in [1.29, 1.82) is 0 Å². The van der Waals surface area contributed by atoms with Gasteiger partial charge in [-0.05, 0) is 38.1 Å². The lowest BCUT2D eigenvalue weighted by molar-refractivity contribution is 0.341. The lowest BCUT2D eigenvalue weighted by Gasteiger charge is -2.12. The van der Waals surface area contributed by atoms with E-state index in [9.17, 15) is 8.42 Å². The van der Waals surface area contributed by atoms with E-state index >= 15 is 0 Å². The Hall–Kier alpha value is -2.41. The van der Waals surface area contributed by atoms with Crippen molar-refractivity contribution in [3.05, 3.63) is 36.4 Å². The van der Waals surface area contributed by atoms with E-state index < -0.39 is 9.84 Å². The molecule has 0 aliphatic carbocycles. The standard InChI is InChI=1S/C16H20N2O4S/c1-3-21-15-9-11(5-7-13(15)17)23(19,20)12-6-8-14(18)16(10-12)22-4-2/h5-10H,3-4,17-18H2,1-2H3. The average Bonchev–Trinajstić information content (AvgIpc) is 2.51. The summed E-state index contributed by atoms with van der Waals surface area (Å²) in [5.74, 6) is 0.683. The van der Waals surface area contributed by atoms with Gasteiger partial charge in [0.1, 0.15) is 11.5 Å². The Labute approximate surface area is 135 Å². The molecule has 0 unspecified atom stereocenters. The minimum absolute atomic E-state index is 0.0994. The molecule has 7 heteroatoms. The molecule has 0 aromatic heterocycles. The highest BCUT2D eigenvalue weighted by Gasteiger charge is 2.20. The van der Waals surface area contributed by atoms with Gasteiger partial charge in [0.05, 0.1) is 34.4 Å². The fourth-order valence-electron chi connectivity index (χ4n) is 2.06. The second-order valence-corrected chi connectivity index (χ2v) is 6.72. The number of rotatable bonds is 6. The van der Waals surface area contributed by atoms with E-state index in [1.54, 1.807) is 13.8 Å². The molecule has 0 spiro atoms. The first-order valence-electron chi connectivity index (χ1n) is 7.19. The third-order valence-corrected chi connectivity index (χ3v) is 4.94. The predicted molar refractivity (Wildman–Crippen MR) is 89.5 cm³/mol. The molecule has 124 valence electrons. The molecule has 0 radical (unpaired) electrons. The molecule has 0 aliphatic heterocycles. The van der Waals surface area contributed by atoms with E-state index in [4.69, 9.17) is 20.9 Å². The maximum atomic E-state index is 12.8. The van der Waals surface area contributed by atoms with E-state index in [1.165, 1.54) is 36.4 Å². The monoisotopic (exact) mass is 336 g/mol. The zero-order chi connectivity index (χ0) is 17.0. The topological polar surface area (TPSA) is 105 Å². The molecule has 0 saturated carbocycles. The van der Waals surface area contributed by atoms with Gasteiger partial charge >= 0.3 is 0 Å². The molecule has 2 aromatic rings. The Kier molecular flexibility index (Phi) is 5.00. The van der Waals surface area contributed by atoms with Crippen LogP contribution in [0.15, 0.2) is 46.2 Å². The normalized spacial score (nSPS) is 11.2. The van der Waals surface area contributed by atoms with Gasteiger partial charge in [-0.2, -0.15) is 0 Å². The summed E-state index contributed by atoms with van der Waals surface area (Å²) in [6.45, 7) is 4.39. The van der Waals surface area contributed by atoms with Crippen molar-refractivity contribution in [3.8, 4) is 11.5 Å². The Morgan fingerprint density at radius 1 is 0.826 bits per heavy atom. The summed E-state index contributed by atoms with van der Waals surface area (Å²) in [7, 11) is -3.73. The quantitative estimate of drug-likeness (QED) is 0.785. The van der Waals surface area contributed by atoms with E-state index in [0.29, 0.717) is 36.1 Å². The number of sulfone groups is 1. The number of nitrogens with two attached hydrogens (primary N) is 2. The Balaban J connectivity index is 2.50. The first kappa shape index (κ1) is 17.0. The zero-order valence-electron chi connectivity index (χ0n) is 13.1. The number of nitrogen functional groups attached to an aromatic ring is 2. The minimum Gasteiger partial charge on any atom is -0.492 e. The molecule has 0 heterocycles. The SMILES string of the molecule is CCOc1cc(S(=O)(=O)c2ccc(N)c(OCC)c2)ccc1N. The van der Waals surface area contributed by atoms with Crippen molar-refractivity contribution in [3.63, 3.8) is 0 Å². The van der Waals surface area contributed by atoms with E-state index in [2.05, 4.69) is 0 Å². The Bertz CT molecular complexity index is 742. The number of hydrogen-bond acceptors (Lipinski definition) is 6. The van der Waals surface area contributed by atoms with Crippen molar-refractivity contribution in [1.82, 2.24) is 0 Å². The van der Waals surface area contributed by atoms with Crippen LogP contribution in [0.4, 0.5) is 11.4 Å². The highest BCUT2D eigenvalue weighted by atomic mass is 32.2. The molecule has 2 aromatic carbocycles. The van der Waals surface area contributed by atoms with Crippen molar-refractivity contribution >= 4 is 21.2 Å². The van der Waals surface area contributed by atoms with Gasteiger partial charge in [-0.25, -0.2) is 8.42 Å². The largest absolute Gasteiger partial charge is 0.492 e. The molecule has 6 nitrogen and oxygen atoms in total. The molecule has 4 N–H and O–H groups in total. The lowest BCUT2D eigenvalue weighted by atomic mass is 10.3. The first-order valence-corrected chi connectivity index (χ1v) is 8.68. The van der Waals surface area contributed by atoms with Crippen molar-refractivity contribution < 1.29 is 17.9 Å². The van der Waals surface area contributed by atoms with Gasteiger partial charge in [-0.3, -0.25) is 0 Å². The highest BCUT2D eigenvalue weighted by molar-refractivity contribution is 7.91. The van der Waals surface area contributed by atoms with Crippen LogP contribution in [0.3, 0.4) is 0 Å². The van der Waals surface area contributed by atoms with Crippen LogP contribution in [-0.4, -0.2) is 21.6 Å². The van der Waals surface area contributed by atoms with Crippen molar-refractivity contribution in [2.45, 2.75) is 23.6 Å². The zero-order valence-corrected chi connectivity index (χ0v) is 13.9. The fraction of sp³-hybridized carbons (Fsp3) is 0.250. The average molecular weight is 336 g/mol. The van der Waals surface area contributed by atoms with Crippen LogP contribution >= 0.6 is 0 Å². The van der Waals surface area contributed by atoms with Crippen molar-refractivity contribution in [2.24, 2.45) is 0 Å². The summed E-state index contributed by atoms with van der Waals surface area (Å²) >= 11 is 0. The molecule has 0 atom stereocenters. The van der Waals surface area contributed by atoms with E-state index in [0.717, 1.165) is 0 Å². The second kappa shape index (κ2) is 6.78. The van der Waals surface area contributed by atoms with Gasteiger partial charge < -0.3 is 20.9 Å².